The highest BCUT2D eigenvalue weighted by Crippen LogP contribution is 2.37. The van der Waals surface area contributed by atoms with Gasteiger partial charge in [0.2, 0.25) is 10.0 Å². The second kappa shape index (κ2) is 8.62. The first kappa shape index (κ1) is 23.3. The lowest BCUT2D eigenvalue weighted by atomic mass is 9.81. The summed E-state index contributed by atoms with van der Waals surface area (Å²) in [5.74, 6) is 1.68. The van der Waals surface area contributed by atoms with E-state index in [2.05, 4.69) is 50.6 Å². The van der Waals surface area contributed by atoms with Gasteiger partial charge < -0.3 is 15.4 Å². The van der Waals surface area contributed by atoms with Crippen molar-refractivity contribution in [2.75, 3.05) is 30.8 Å². The van der Waals surface area contributed by atoms with Gasteiger partial charge in [0.05, 0.1) is 12.2 Å². The fourth-order valence-corrected chi connectivity index (χ4v) is 5.34. The van der Waals surface area contributed by atoms with E-state index in [4.69, 9.17) is 10.5 Å². The van der Waals surface area contributed by atoms with Gasteiger partial charge in [-0.2, -0.15) is 0 Å². The average Bonchev–Trinajstić information content (AvgIpc) is 3.05. The number of hydrogen-bond donors (Lipinski definition) is 2. The van der Waals surface area contributed by atoms with Crippen molar-refractivity contribution in [2.45, 2.75) is 31.7 Å². The summed E-state index contributed by atoms with van der Waals surface area (Å²) in [6, 6.07) is 7.37. The number of benzene rings is 1. The van der Waals surface area contributed by atoms with E-state index in [1.54, 1.807) is 18.6 Å². The zero-order chi connectivity index (χ0) is 24.8. The number of fused-ring (bicyclic) bond motifs is 2. The molecular formula is C25H28N6O3S. The van der Waals surface area contributed by atoms with Gasteiger partial charge in [-0.05, 0) is 48.7 Å². The molecule has 2 aromatic heterocycles. The van der Waals surface area contributed by atoms with Crippen LogP contribution in [0.4, 0.5) is 11.6 Å². The lowest BCUT2D eigenvalue weighted by Gasteiger charge is -2.30. The molecule has 0 fully saturated rings. The van der Waals surface area contributed by atoms with Crippen molar-refractivity contribution in [3.63, 3.8) is 0 Å². The van der Waals surface area contributed by atoms with E-state index >= 15 is 0 Å². The molecule has 1 aliphatic carbocycles. The first-order valence-corrected chi connectivity index (χ1v) is 12.9. The van der Waals surface area contributed by atoms with E-state index < -0.39 is 10.0 Å². The van der Waals surface area contributed by atoms with Crippen LogP contribution in [-0.4, -0.2) is 43.6 Å². The van der Waals surface area contributed by atoms with E-state index in [-0.39, 0.29) is 16.1 Å². The van der Waals surface area contributed by atoms with Crippen LogP contribution in [-0.2, 0) is 23.0 Å². The Balaban J connectivity index is 1.52. The number of nitrogens with zero attached hydrogens (tertiary/aromatic N) is 4. The van der Waals surface area contributed by atoms with Gasteiger partial charge in [-0.1, -0.05) is 26.0 Å². The van der Waals surface area contributed by atoms with E-state index in [1.807, 2.05) is 18.2 Å². The predicted octanol–water partition coefficient (Wildman–Crippen LogP) is 3.02. The summed E-state index contributed by atoms with van der Waals surface area (Å²) in [7, 11) is -2.39. The number of anilines is 2. The molecule has 0 saturated carbocycles. The first-order chi connectivity index (χ1) is 16.7. The second-order valence-corrected chi connectivity index (χ2v) is 11.3. The van der Waals surface area contributed by atoms with E-state index in [9.17, 15) is 8.42 Å². The van der Waals surface area contributed by atoms with Crippen molar-refractivity contribution in [1.29, 1.82) is 0 Å². The Hall–Kier alpha value is -3.50. The maximum Gasteiger partial charge on any atom is 0.243 e. The fourth-order valence-electron chi connectivity index (χ4n) is 4.51. The van der Waals surface area contributed by atoms with Gasteiger partial charge in [-0.3, -0.25) is 0 Å². The molecule has 182 valence electrons. The zero-order valence-corrected chi connectivity index (χ0v) is 20.8. The molecule has 10 heteroatoms. The third kappa shape index (κ3) is 4.46. The highest BCUT2D eigenvalue weighted by molar-refractivity contribution is 7.89. The molecule has 35 heavy (non-hydrogen) atoms. The zero-order valence-electron chi connectivity index (χ0n) is 19.9. The summed E-state index contributed by atoms with van der Waals surface area (Å²) in [6.07, 6.45) is 8.33. The van der Waals surface area contributed by atoms with Crippen LogP contribution in [0.15, 0.2) is 47.8 Å². The number of aromatic nitrogens is 3. The number of nitrogen functional groups attached to an aromatic ring is 1. The monoisotopic (exact) mass is 492 g/mol. The molecule has 0 amide bonds. The molecule has 1 aliphatic heterocycles. The Morgan fingerprint density at radius 2 is 1.97 bits per heavy atom. The summed E-state index contributed by atoms with van der Waals surface area (Å²) >= 11 is 0. The minimum absolute atomic E-state index is 0.0352. The lowest BCUT2D eigenvalue weighted by Crippen LogP contribution is -2.29. The van der Waals surface area contributed by atoms with Gasteiger partial charge in [0.1, 0.15) is 35.2 Å². The summed E-state index contributed by atoms with van der Waals surface area (Å²) in [4.78, 5) is 15.4. The van der Waals surface area contributed by atoms with Gasteiger partial charge in [-0.15, -0.1) is 0 Å². The SMILES string of the molecule is CNS(=O)(=O)c1cc(-c2ccc3c(c2)CN(c2ncnc4c2CC(C)(C)C=C4)CCO3)cnc1N. The molecule has 0 bridgehead atoms. The molecule has 1 aromatic carbocycles. The Bertz CT molecular complexity index is 1440. The third-order valence-corrected chi connectivity index (χ3v) is 7.84. The Morgan fingerprint density at radius 1 is 1.14 bits per heavy atom. The van der Waals surface area contributed by atoms with Crippen LogP contribution in [0.25, 0.3) is 17.2 Å². The van der Waals surface area contributed by atoms with Crippen molar-refractivity contribution in [1.82, 2.24) is 19.7 Å². The van der Waals surface area contributed by atoms with Crippen LogP contribution in [0, 0.1) is 5.41 Å². The minimum atomic E-state index is -3.74. The molecule has 0 unspecified atom stereocenters. The fraction of sp³-hybridized carbons (Fsp3) is 0.320. The highest BCUT2D eigenvalue weighted by Gasteiger charge is 2.28. The number of allylic oxidation sites excluding steroid dienone is 1. The van der Waals surface area contributed by atoms with Crippen molar-refractivity contribution in [3.8, 4) is 16.9 Å². The van der Waals surface area contributed by atoms with Crippen molar-refractivity contribution in [3.05, 3.63) is 59.7 Å². The number of sulfonamides is 1. The van der Waals surface area contributed by atoms with Crippen LogP contribution in [0.1, 0.15) is 30.7 Å². The molecule has 0 spiro atoms. The third-order valence-electron chi connectivity index (χ3n) is 6.39. The summed E-state index contributed by atoms with van der Waals surface area (Å²) in [6.45, 7) is 6.23. The summed E-state index contributed by atoms with van der Waals surface area (Å²) < 4.78 is 33.1. The number of nitrogens with two attached hydrogens (primary N) is 1. The van der Waals surface area contributed by atoms with E-state index in [0.717, 1.165) is 40.4 Å². The molecule has 5 rings (SSSR count). The topological polar surface area (TPSA) is 123 Å². The number of rotatable bonds is 4. The van der Waals surface area contributed by atoms with Crippen LogP contribution in [0.2, 0.25) is 0 Å². The molecule has 0 radical (unpaired) electrons. The molecule has 3 aromatic rings. The average molecular weight is 493 g/mol. The number of pyridine rings is 1. The smallest absolute Gasteiger partial charge is 0.243 e. The second-order valence-electron chi connectivity index (χ2n) is 9.47. The normalized spacial score (nSPS) is 16.7. The molecular weight excluding hydrogens is 464 g/mol. The Labute approximate surface area is 205 Å². The maximum absolute atomic E-state index is 12.4. The van der Waals surface area contributed by atoms with E-state index in [0.29, 0.717) is 25.3 Å². The summed E-state index contributed by atoms with van der Waals surface area (Å²) in [5, 5.41) is 0. The molecule has 0 saturated heterocycles. The van der Waals surface area contributed by atoms with Crippen molar-refractivity contribution >= 4 is 27.7 Å². The predicted molar refractivity (Wildman–Crippen MR) is 135 cm³/mol. The number of ether oxygens (including phenoxy) is 1. The lowest BCUT2D eigenvalue weighted by molar-refractivity contribution is 0.331. The van der Waals surface area contributed by atoms with Crippen LogP contribution in [0.3, 0.4) is 0 Å². The van der Waals surface area contributed by atoms with Crippen LogP contribution >= 0.6 is 0 Å². The molecule has 9 nitrogen and oxygen atoms in total. The first-order valence-electron chi connectivity index (χ1n) is 11.4. The Kier molecular flexibility index (Phi) is 5.72. The minimum Gasteiger partial charge on any atom is -0.491 e. The van der Waals surface area contributed by atoms with Crippen LogP contribution in [0.5, 0.6) is 5.75 Å². The standard InChI is InChI=1S/C25H28N6O3S/c1-25(2)7-6-20-19(12-25)24(30-15-29-20)31-8-9-34-21-5-4-16(10-18(21)14-31)17-11-22(23(26)28-13-17)35(32,33)27-3/h4-7,10-11,13,15,27H,8-9,12,14H2,1-3H3,(H2,26,28). The quantitative estimate of drug-likeness (QED) is 0.570. The van der Waals surface area contributed by atoms with Gasteiger partial charge in [0.15, 0.2) is 0 Å². The van der Waals surface area contributed by atoms with Gasteiger partial charge >= 0.3 is 0 Å². The van der Waals surface area contributed by atoms with E-state index in [1.165, 1.54) is 7.05 Å². The summed E-state index contributed by atoms with van der Waals surface area (Å²) in [5.41, 5.74) is 10.4. The maximum atomic E-state index is 12.4. The van der Waals surface area contributed by atoms with Gasteiger partial charge in [0.25, 0.3) is 0 Å². The van der Waals surface area contributed by atoms with Gasteiger partial charge in [-0.25, -0.2) is 28.1 Å². The molecule has 3 heterocycles. The largest absolute Gasteiger partial charge is 0.491 e. The Morgan fingerprint density at radius 3 is 2.77 bits per heavy atom. The molecule has 0 atom stereocenters. The van der Waals surface area contributed by atoms with Crippen molar-refractivity contribution in [2.24, 2.45) is 5.41 Å². The molecule has 3 N–H and O–H groups in total. The number of nitrogens with one attached hydrogen (secondary N) is 1. The highest BCUT2D eigenvalue weighted by atomic mass is 32.2. The van der Waals surface area contributed by atoms with Crippen molar-refractivity contribution < 1.29 is 13.2 Å². The van der Waals surface area contributed by atoms with Crippen LogP contribution < -0.4 is 20.1 Å². The van der Waals surface area contributed by atoms with Gasteiger partial charge in [0, 0.05) is 29.4 Å². The number of hydrogen-bond acceptors (Lipinski definition) is 8. The molecule has 2 aliphatic rings.